The summed E-state index contributed by atoms with van der Waals surface area (Å²) in [6.45, 7) is 7.08. The largest absolute Gasteiger partial charge is 0.347 e. The molecule has 4 rings (SSSR count). The lowest BCUT2D eigenvalue weighted by Crippen LogP contribution is -2.38. The first-order valence-corrected chi connectivity index (χ1v) is 11.1. The number of rotatable bonds is 5. The molecule has 152 valence electrons. The van der Waals surface area contributed by atoms with Gasteiger partial charge < -0.3 is 9.47 Å². The molecule has 0 aliphatic carbocycles. The number of hydrogen-bond donors (Lipinski definition) is 0. The summed E-state index contributed by atoms with van der Waals surface area (Å²) in [6.07, 6.45) is 4.90. The number of benzene rings is 2. The van der Waals surface area contributed by atoms with Gasteiger partial charge in [0.05, 0.1) is 0 Å². The van der Waals surface area contributed by atoms with E-state index in [1.165, 1.54) is 16.5 Å². The molecule has 2 heterocycles. The fourth-order valence-corrected chi connectivity index (χ4v) is 4.71. The predicted octanol–water partition coefficient (Wildman–Crippen LogP) is 6.10. The maximum atomic E-state index is 13.2. The zero-order chi connectivity index (χ0) is 20.4. The monoisotopic (exact) mass is 408 g/mol. The van der Waals surface area contributed by atoms with E-state index in [4.69, 9.17) is 11.6 Å². The molecule has 1 aliphatic heterocycles. The van der Waals surface area contributed by atoms with E-state index in [0.717, 1.165) is 38.0 Å². The van der Waals surface area contributed by atoms with Gasteiger partial charge in [-0.15, -0.1) is 0 Å². The van der Waals surface area contributed by atoms with E-state index in [1.54, 1.807) is 0 Å². The van der Waals surface area contributed by atoms with Gasteiger partial charge in [-0.25, -0.2) is 0 Å². The van der Waals surface area contributed by atoms with Gasteiger partial charge in [-0.2, -0.15) is 0 Å². The predicted molar refractivity (Wildman–Crippen MR) is 121 cm³/mol. The average molecular weight is 409 g/mol. The molecular weight excluding hydrogens is 380 g/mol. The fourth-order valence-electron chi connectivity index (χ4n) is 4.51. The fraction of sp³-hybridized carbons (Fsp3) is 0.400. The van der Waals surface area contributed by atoms with Crippen molar-refractivity contribution in [1.29, 1.82) is 0 Å². The van der Waals surface area contributed by atoms with Crippen LogP contribution in [-0.2, 0) is 11.3 Å². The molecular formula is C25H29ClN2O. The smallest absolute Gasteiger partial charge is 0.223 e. The lowest BCUT2D eigenvalue weighted by molar-refractivity contribution is -0.132. The van der Waals surface area contributed by atoms with Crippen molar-refractivity contribution in [2.75, 3.05) is 13.1 Å². The summed E-state index contributed by atoms with van der Waals surface area (Å²) in [5.74, 6) is 0.957. The van der Waals surface area contributed by atoms with Crippen molar-refractivity contribution >= 4 is 28.4 Å². The number of likely N-dealkylation sites (tertiary alicyclic amines) is 1. The van der Waals surface area contributed by atoms with Crippen molar-refractivity contribution < 1.29 is 4.79 Å². The van der Waals surface area contributed by atoms with Crippen LogP contribution in [0, 0.1) is 5.92 Å². The lowest BCUT2D eigenvalue weighted by Gasteiger charge is -2.31. The van der Waals surface area contributed by atoms with Crippen LogP contribution in [0.5, 0.6) is 0 Å². The summed E-state index contributed by atoms with van der Waals surface area (Å²) >= 11 is 6.33. The summed E-state index contributed by atoms with van der Waals surface area (Å²) in [7, 11) is 0. The van der Waals surface area contributed by atoms with Crippen LogP contribution >= 0.6 is 11.6 Å². The molecule has 1 saturated heterocycles. The number of piperidine rings is 1. The van der Waals surface area contributed by atoms with Gasteiger partial charge in [0.2, 0.25) is 5.91 Å². The Morgan fingerprint density at radius 3 is 2.62 bits per heavy atom. The van der Waals surface area contributed by atoms with E-state index < -0.39 is 0 Å². The first-order chi connectivity index (χ1) is 14.1. The molecule has 29 heavy (non-hydrogen) atoms. The van der Waals surface area contributed by atoms with Crippen molar-refractivity contribution in [3.8, 4) is 0 Å². The van der Waals surface area contributed by atoms with Crippen LogP contribution in [0.25, 0.3) is 10.9 Å². The van der Waals surface area contributed by atoms with E-state index in [0.29, 0.717) is 17.4 Å². The Morgan fingerprint density at radius 2 is 1.90 bits per heavy atom. The number of aromatic nitrogens is 1. The molecule has 2 aromatic carbocycles. The van der Waals surface area contributed by atoms with Crippen LogP contribution in [0.15, 0.2) is 54.7 Å². The van der Waals surface area contributed by atoms with Crippen molar-refractivity contribution in [3.05, 3.63) is 70.9 Å². The molecule has 0 saturated carbocycles. The van der Waals surface area contributed by atoms with Crippen LogP contribution in [-0.4, -0.2) is 28.5 Å². The third-order valence-electron chi connectivity index (χ3n) is 6.30. The van der Waals surface area contributed by atoms with Crippen LogP contribution in [0.4, 0.5) is 0 Å². The van der Waals surface area contributed by atoms with Crippen LogP contribution < -0.4 is 0 Å². The van der Waals surface area contributed by atoms with Gasteiger partial charge in [0.15, 0.2) is 0 Å². The number of hydrogen-bond acceptors (Lipinski definition) is 1. The second-order valence-corrected chi connectivity index (χ2v) is 8.70. The van der Waals surface area contributed by atoms with Gasteiger partial charge in [0, 0.05) is 54.1 Å². The number of fused-ring (bicyclic) bond motifs is 1. The first kappa shape index (κ1) is 20.0. The highest BCUT2D eigenvalue weighted by molar-refractivity contribution is 6.30. The minimum Gasteiger partial charge on any atom is -0.347 e. The molecule has 1 fully saturated rings. The van der Waals surface area contributed by atoms with Crippen LogP contribution in [0.1, 0.15) is 50.2 Å². The molecule has 0 spiro atoms. The average Bonchev–Trinajstić information content (AvgIpc) is 3.11. The molecule has 3 nitrogen and oxygen atoms in total. The molecule has 0 N–H and O–H groups in total. The number of amides is 1. The van der Waals surface area contributed by atoms with Gasteiger partial charge in [-0.05, 0) is 55.0 Å². The highest BCUT2D eigenvalue weighted by Crippen LogP contribution is 2.36. The topological polar surface area (TPSA) is 25.2 Å². The summed E-state index contributed by atoms with van der Waals surface area (Å²) in [4.78, 5) is 15.3. The minimum absolute atomic E-state index is 0.00162. The highest BCUT2D eigenvalue weighted by atomic mass is 35.5. The van der Waals surface area contributed by atoms with E-state index in [1.807, 2.05) is 18.2 Å². The van der Waals surface area contributed by atoms with Crippen LogP contribution in [0.3, 0.4) is 0 Å². The molecule has 0 unspecified atom stereocenters. The van der Waals surface area contributed by atoms with Gasteiger partial charge >= 0.3 is 0 Å². The van der Waals surface area contributed by atoms with Crippen molar-refractivity contribution in [2.45, 2.75) is 45.6 Å². The van der Waals surface area contributed by atoms with Gasteiger partial charge in [0.1, 0.15) is 0 Å². The Morgan fingerprint density at radius 1 is 1.14 bits per heavy atom. The molecule has 1 atom stereocenters. The Kier molecular flexibility index (Phi) is 5.96. The molecule has 0 radical (unpaired) electrons. The molecule has 4 heteroatoms. The Balaban J connectivity index is 1.73. The van der Waals surface area contributed by atoms with E-state index >= 15 is 0 Å². The first-order valence-electron chi connectivity index (χ1n) is 10.7. The van der Waals surface area contributed by atoms with Gasteiger partial charge in [-0.3, -0.25) is 4.79 Å². The summed E-state index contributed by atoms with van der Waals surface area (Å²) in [5, 5.41) is 1.94. The highest BCUT2D eigenvalue weighted by Gasteiger charge is 2.27. The standard InChI is InChI=1S/C25H29ClN2O/c1-3-27-17-23(21-9-4-5-10-24(21)27)22(19-7-6-8-20(26)15-19)16-25(29)28-13-11-18(2)12-14-28/h4-10,15,17-18,22H,3,11-14,16H2,1-2H3/t22-/m1/s1. The number of halogens is 1. The third kappa shape index (κ3) is 4.20. The van der Waals surface area contributed by atoms with Gasteiger partial charge in [0.25, 0.3) is 0 Å². The second-order valence-electron chi connectivity index (χ2n) is 8.26. The number of aryl methyl sites for hydroxylation is 1. The number of carbonyl (C=O) groups excluding carboxylic acids is 1. The number of carbonyl (C=O) groups is 1. The number of para-hydroxylation sites is 1. The van der Waals surface area contributed by atoms with E-state index in [-0.39, 0.29) is 11.8 Å². The zero-order valence-electron chi connectivity index (χ0n) is 17.3. The molecule has 1 aromatic heterocycles. The Hall–Kier alpha value is -2.26. The maximum absolute atomic E-state index is 13.2. The second kappa shape index (κ2) is 8.62. The Bertz CT molecular complexity index is 1000. The third-order valence-corrected chi connectivity index (χ3v) is 6.54. The van der Waals surface area contributed by atoms with Crippen molar-refractivity contribution in [1.82, 2.24) is 9.47 Å². The molecule has 1 aliphatic rings. The van der Waals surface area contributed by atoms with Crippen molar-refractivity contribution in [2.24, 2.45) is 5.92 Å². The minimum atomic E-state index is -0.00162. The van der Waals surface area contributed by atoms with Gasteiger partial charge in [-0.1, -0.05) is 48.9 Å². The quantitative estimate of drug-likeness (QED) is 0.501. The van der Waals surface area contributed by atoms with Crippen LogP contribution in [0.2, 0.25) is 5.02 Å². The SMILES string of the molecule is CCn1cc([C@H](CC(=O)N2CCC(C)CC2)c2cccc(Cl)c2)c2ccccc21. The Labute approximate surface area is 178 Å². The summed E-state index contributed by atoms with van der Waals surface area (Å²) in [6, 6.07) is 16.5. The molecule has 0 bridgehead atoms. The summed E-state index contributed by atoms with van der Waals surface area (Å²) < 4.78 is 2.27. The maximum Gasteiger partial charge on any atom is 0.223 e. The molecule has 1 amide bonds. The summed E-state index contributed by atoms with van der Waals surface area (Å²) in [5.41, 5.74) is 3.54. The lowest BCUT2D eigenvalue weighted by atomic mass is 9.87. The zero-order valence-corrected chi connectivity index (χ0v) is 18.0. The van der Waals surface area contributed by atoms with E-state index in [9.17, 15) is 4.79 Å². The van der Waals surface area contributed by atoms with E-state index in [2.05, 4.69) is 59.8 Å². The van der Waals surface area contributed by atoms with Crippen molar-refractivity contribution in [3.63, 3.8) is 0 Å². The number of nitrogens with zero attached hydrogens (tertiary/aromatic N) is 2. The normalized spacial score (nSPS) is 16.3. The molecule has 3 aromatic rings.